The van der Waals surface area contributed by atoms with E-state index in [9.17, 15) is 4.79 Å². The summed E-state index contributed by atoms with van der Waals surface area (Å²) in [5, 5.41) is 2.64. The zero-order valence-corrected chi connectivity index (χ0v) is 7.69. The second kappa shape index (κ2) is 3.57. The third-order valence-electron chi connectivity index (χ3n) is 2.23. The standard InChI is InChI=1S/C10H12N2O2/c11-10(13)12-8-5-7-3-1-2-4-9(7)14-6-8/h1-4,8H,5-6H2,(H3,11,12,13)/t8-/m0/s1. The Morgan fingerprint density at radius 1 is 1.50 bits per heavy atom. The third-order valence-corrected chi connectivity index (χ3v) is 2.23. The van der Waals surface area contributed by atoms with Crippen molar-refractivity contribution in [3.63, 3.8) is 0 Å². The molecular formula is C10H12N2O2. The SMILES string of the molecule is NC(=O)N[C@@H]1COc2ccccc2C1. The molecule has 0 saturated heterocycles. The number of nitrogens with one attached hydrogen (secondary N) is 1. The van der Waals surface area contributed by atoms with Crippen LogP contribution in [-0.4, -0.2) is 18.7 Å². The van der Waals surface area contributed by atoms with Gasteiger partial charge in [-0.1, -0.05) is 18.2 Å². The first-order valence-electron chi connectivity index (χ1n) is 4.52. The highest BCUT2D eigenvalue weighted by Crippen LogP contribution is 2.23. The predicted octanol–water partition coefficient (Wildman–Crippen LogP) is 0.658. The number of fused-ring (bicyclic) bond motifs is 1. The lowest BCUT2D eigenvalue weighted by Gasteiger charge is -2.25. The van der Waals surface area contributed by atoms with Crippen LogP contribution in [0.15, 0.2) is 24.3 Å². The molecule has 1 aliphatic heterocycles. The van der Waals surface area contributed by atoms with E-state index in [1.807, 2.05) is 24.3 Å². The van der Waals surface area contributed by atoms with Crippen molar-refractivity contribution in [2.75, 3.05) is 6.61 Å². The molecule has 4 nitrogen and oxygen atoms in total. The maximum absolute atomic E-state index is 10.6. The van der Waals surface area contributed by atoms with Gasteiger partial charge in [-0.3, -0.25) is 0 Å². The number of carbonyl (C=O) groups is 1. The first-order valence-corrected chi connectivity index (χ1v) is 4.52. The van der Waals surface area contributed by atoms with Crippen molar-refractivity contribution in [1.82, 2.24) is 5.32 Å². The van der Waals surface area contributed by atoms with Crippen molar-refractivity contribution in [1.29, 1.82) is 0 Å². The smallest absolute Gasteiger partial charge is 0.312 e. The molecule has 2 rings (SSSR count). The Hall–Kier alpha value is -1.71. The van der Waals surface area contributed by atoms with Crippen LogP contribution in [0.1, 0.15) is 5.56 Å². The molecule has 1 aromatic carbocycles. The second-order valence-electron chi connectivity index (χ2n) is 3.33. The molecule has 14 heavy (non-hydrogen) atoms. The number of ether oxygens (including phenoxy) is 1. The zero-order chi connectivity index (χ0) is 9.97. The number of rotatable bonds is 1. The molecular weight excluding hydrogens is 180 g/mol. The van der Waals surface area contributed by atoms with Crippen LogP contribution < -0.4 is 15.8 Å². The highest BCUT2D eigenvalue weighted by molar-refractivity contribution is 5.72. The average Bonchev–Trinajstić information content (AvgIpc) is 2.17. The number of hydrogen-bond donors (Lipinski definition) is 2. The number of benzene rings is 1. The number of primary amides is 1. The molecule has 0 bridgehead atoms. The first-order chi connectivity index (χ1) is 6.75. The van der Waals surface area contributed by atoms with E-state index >= 15 is 0 Å². The molecule has 3 N–H and O–H groups in total. The summed E-state index contributed by atoms with van der Waals surface area (Å²) in [7, 11) is 0. The van der Waals surface area contributed by atoms with Gasteiger partial charge in [0.05, 0.1) is 6.04 Å². The zero-order valence-electron chi connectivity index (χ0n) is 7.69. The molecule has 1 aromatic rings. The van der Waals surface area contributed by atoms with Crippen LogP contribution in [0.3, 0.4) is 0 Å². The van der Waals surface area contributed by atoms with Crippen molar-refractivity contribution in [2.24, 2.45) is 5.73 Å². The van der Waals surface area contributed by atoms with Gasteiger partial charge in [0.1, 0.15) is 12.4 Å². The monoisotopic (exact) mass is 192 g/mol. The van der Waals surface area contributed by atoms with E-state index in [1.54, 1.807) is 0 Å². The van der Waals surface area contributed by atoms with Crippen LogP contribution in [0.2, 0.25) is 0 Å². The molecule has 2 amide bonds. The van der Waals surface area contributed by atoms with E-state index in [2.05, 4.69) is 5.32 Å². The molecule has 0 saturated carbocycles. The normalized spacial score (nSPS) is 19.3. The number of urea groups is 1. The Labute approximate surface area is 82.1 Å². The summed E-state index contributed by atoms with van der Waals surface area (Å²) >= 11 is 0. The lowest BCUT2D eigenvalue weighted by atomic mass is 10.0. The minimum atomic E-state index is -0.502. The number of amides is 2. The Morgan fingerprint density at radius 2 is 2.29 bits per heavy atom. The first kappa shape index (κ1) is 8.87. The van der Waals surface area contributed by atoms with Crippen molar-refractivity contribution in [3.8, 4) is 5.75 Å². The van der Waals surface area contributed by atoms with Crippen molar-refractivity contribution in [3.05, 3.63) is 29.8 Å². The fourth-order valence-corrected chi connectivity index (χ4v) is 1.62. The van der Waals surface area contributed by atoms with Gasteiger partial charge in [0.2, 0.25) is 0 Å². The van der Waals surface area contributed by atoms with Gasteiger partial charge < -0.3 is 15.8 Å². The van der Waals surface area contributed by atoms with E-state index in [0.29, 0.717) is 6.61 Å². The minimum Gasteiger partial charge on any atom is -0.491 e. The van der Waals surface area contributed by atoms with Gasteiger partial charge in [0, 0.05) is 0 Å². The highest BCUT2D eigenvalue weighted by Gasteiger charge is 2.19. The summed E-state index contributed by atoms with van der Waals surface area (Å²) in [5.41, 5.74) is 6.15. The molecule has 0 radical (unpaired) electrons. The van der Waals surface area contributed by atoms with E-state index < -0.39 is 6.03 Å². The predicted molar refractivity (Wildman–Crippen MR) is 52.1 cm³/mol. The van der Waals surface area contributed by atoms with Gasteiger partial charge in [-0.05, 0) is 18.1 Å². The molecule has 0 spiro atoms. The summed E-state index contributed by atoms with van der Waals surface area (Å²) in [4.78, 5) is 10.6. The summed E-state index contributed by atoms with van der Waals surface area (Å²) in [5.74, 6) is 0.898. The van der Waals surface area contributed by atoms with Crippen LogP contribution in [0.5, 0.6) is 5.75 Å². The van der Waals surface area contributed by atoms with Crippen LogP contribution in [0, 0.1) is 0 Å². The molecule has 1 atom stereocenters. The molecule has 0 unspecified atom stereocenters. The van der Waals surface area contributed by atoms with E-state index in [-0.39, 0.29) is 6.04 Å². The second-order valence-corrected chi connectivity index (χ2v) is 3.33. The largest absolute Gasteiger partial charge is 0.491 e. The van der Waals surface area contributed by atoms with Crippen LogP contribution in [-0.2, 0) is 6.42 Å². The Morgan fingerprint density at radius 3 is 3.07 bits per heavy atom. The molecule has 0 fully saturated rings. The summed E-state index contributed by atoms with van der Waals surface area (Å²) in [6.45, 7) is 0.486. The molecule has 74 valence electrons. The van der Waals surface area contributed by atoms with Crippen molar-refractivity contribution >= 4 is 6.03 Å². The van der Waals surface area contributed by atoms with Gasteiger partial charge in [-0.15, -0.1) is 0 Å². The third kappa shape index (κ3) is 1.79. The van der Waals surface area contributed by atoms with Crippen LogP contribution >= 0.6 is 0 Å². The van der Waals surface area contributed by atoms with Crippen LogP contribution in [0.25, 0.3) is 0 Å². The molecule has 0 aromatic heterocycles. The van der Waals surface area contributed by atoms with E-state index in [1.165, 1.54) is 0 Å². The lowest BCUT2D eigenvalue weighted by molar-refractivity contribution is 0.220. The van der Waals surface area contributed by atoms with Gasteiger partial charge in [0.15, 0.2) is 0 Å². The Balaban J connectivity index is 2.09. The number of hydrogen-bond acceptors (Lipinski definition) is 2. The van der Waals surface area contributed by atoms with E-state index in [0.717, 1.165) is 17.7 Å². The highest BCUT2D eigenvalue weighted by atomic mass is 16.5. The van der Waals surface area contributed by atoms with Gasteiger partial charge >= 0.3 is 6.03 Å². The van der Waals surface area contributed by atoms with Crippen molar-refractivity contribution < 1.29 is 9.53 Å². The molecule has 1 heterocycles. The molecule has 1 aliphatic rings. The molecule has 0 aliphatic carbocycles. The maximum atomic E-state index is 10.6. The van der Waals surface area contributed by atoms with Crippen LogP contribution in [0.4, 0.5) is 4.79 Å². The van der Waals surface area contributed by atoms with Gasteiger partial charge in [-0.2, -0.15) is 0 Å². The lowest BCUT2D eigenvalue weighted by Crippen LogP contribution is -2.45. The summed E-state index contributed by atoms with van der Waals surface area (Å²) in [6.07, 6.45) is 0.777. The Bertz CT molecular complexity index is 352. The van der Waals surface area contributed by atoms with E-state index in [4.69, 9.17) is 10.5 Å². The Kier molecular flexibility index (Phi) is 2.26. The fourth-order valence-electron chi connectivity index (χ4n) is 1.62. The molecule has 4 heteroatoms. The number of nitrogens with two attached hydrogens (primary N) is 1. The quantitative estimate of drug-likeness (QED) is 0.686. The van der Waals surface area contributed by atoms with Gasteiger partial charge in [0.25, 0.3) is 0 Å². The van der Waals surface area contributed by atoms with Gasteiger partial charge in [-0.25, -0.2) is 4.79 Å². The number of para-hydroxylation sites is 1. The topological polar surface area (TPSA) is 64.4 Å². The average molecular weight is 192 g/mol. The number of carbonyl (C=O) groups excluding carboxylic acids is 1. The minimum absolute atomic E-state index is 0.0117. The summed E-state index contributed by atoms with van der Waals surface area (Å²) < 4.78 is 5.47. The van der Waals surface area contributed by atoms with Crippen molar-refractivity contribution in [2.45, 2.75) is 12.5 Å². The maximum Gasteiger partial charge on any atom is 0.312 e. The summed E-state index contributed by atoms with van der Waals surface area (Å²) in [6, 6.07) is 7.29. The fraction of sp³-hybridized carbons (Fsp3) is 0.300.